The normalized spacial score (nSPS) is 17.7. The number of aromatic nitrogens is 1. The molecule has 1 unspecified atom stereocenters. The van der Waals surface area contributed by atoms with Crippen molar-refractivity contribution in [2.24, 2.45) is 0 Å². The molecular formula is C15H21N3O. The topological polar surface area (TPSA) is 46.1 Å². The summed E-state index contributed by atoms with van der Waals surface area (Å²) in [6.07, 6.45) is 10.2. The minimum absolute atomic E-state index is 0.0756. The maximum Gasteiger partial charge on any atom is 0.268 e. The lowest BCUT2D eigenvalue weighted by Gasteiger charge is -2.26. The van der Waals surface area contributed by atoms with Crippen LogP contribution in [0.1, 0.15) is 42.7 Å². The lowest BCUT2D eigenvalue weighted by molar-refractivity contribution is 0.0932. The van der Waals surface area contributed by atoms with E-state index in [1.165, 1.54) is 0 Å². The molecule has 1 aromatic rings. The third-order valence-corrected chi connectivity index (χ3v) is 3.63. The van der Waals surface area contributed by atoms with Gasteiger partial charge in [-0.05, 0) is 44.5 Å². The number of hydrogen-bond acceptors (Lipinski definition) is 2. The first-order chi connectivity index (χ1) is 9.26. The molecule has 4 heteroatoms. The number of hydrogen-bond donors (Lipinski definition) is 2. The van der Waals surface area contributed by atoms with Gasteiger partial charge >= 0.3 is 0 Å². The van der Waals surface area contributed by atoms with E-state index >= 15 is 0 Å². The number of amides is 1. The van der Waals surface area contributed by atoms with E-state index < -0.39 is 0 Å². The molecule has 1 saturated heterocycles. The maximum absolute atomic E-state index is 12.3. The molecule has 0 aliphatic carbocycles. The average Bonchev–Trinajstić information content (AvgIpc) is 2.95. The van der Waals surface area contributed by atoms with Crippen LogP contribution < -0.4 is 10.6 Å². The van der Waals surface area contributed by atoms with Crippen LogP contribution in [-0.2, 0) is 0 Å². The second kappa shape index (κ2) is 6.44. The number of carbonyl (C=O) groups is 1. The summed E-state index contributed by atoms with van der Waals surface area (Å²) in [5.41, 5.74) is 0.709. The van der Waals surface area contributed by atoms with Gasteiger partial charge in [-0.2, -0.15) is 0 Å². The van der Waals surface area contributed by atoms with Crippen LogP contribution in [0, 0.1) is 12.3 Å². The fourth-order valence-corrected chi connectivity index (χ4v) is 2.48. The molecule has 1 atom stereocenters. The van der Waals surface area contributed by atoms with Gasteiger partial charge in [0.25, 0.3) is 5.91 Å². The highest BCUT2D eigenvalue weighted by atomic mass is 16.2. The number of nitrogens with zero attached hydrogens (tertiary/aromatic N) is 1. The van der Waals surface area contributed by atoms with Crippen molar-refractivity contribution in [1.82, 2.24) is 15.2 Å². The Labute approximate surface area is 114 Å². The minimum atomic E-state index is -0.191. The third kappa shape index (κ3) is 3.18. The molecular weight excluding hydrogens is 238 g/mol. The van der Waals surface area contributed by atoms with Gasteiger partial charge in [0.15, 0.2) is 0 Å². The Hall–Kier alpha value is -1.73. The standard InChI is InChI=1S/C15H21N3O/c1-3-12(4-2)17-15(19)14-6-5-11-18(14)13-7-9-16-10-8-13/h1,5-6,11-13,16H,4,7-10H2,2H3,(H,17,19). The van der Waals surface area contributed by atoms with Gasteiger partial charge in [0.2, 0.25) is 0 Å². The Kier molecular flexibility index (Phi) is 4.64. The Morgan fingerprint density at radius 3 is 3.00 bits per heavy atom. The van der Waals surface area contributed by atoms with Gasteiger partial charge in [-0.25, -0.2) is 0 Å². The lowest BCUT2D eigenvalue weighted by Crippen LogP contribution is -2.36. The Bertz CT molecular complexity index is 466. The summed E-state index contributed by atoms with van der Waals surface area (Å²) < 4.78 is 2.08. The molecule has 4 nitrogen and oxygen atoms in total. The van der Waals surface area contributed by atoms with Crippen molar-refractivity contribution in [2.75, 3.05) is 13.1 Å². The summed E-state index contributed by atoms with van der Waals surface area (Å²) in [7, 11) is 0. The summed E-state index contributed by atoms with van der Waals surface area (Å²) in [6.45, 7) is 3.98. The van der Waals surface area contributed by atoms with E-state index in [2.05, 4.69) is 21.1 Å². The van der Waals surface area contributed by atoms with E-state index in [1.54, 1.807) is 0 Å². The average molecular weight is 259 g/mol. The minimum Gasteiger partial charge on any atom is -0.340 e. The molecule has 2 heterocycles. The van der Waals surface area contributed by atoms with Gasteiger partial charge in [0.05, 0.1) is 6.04 Å². The van der Waals surface area contributed by atoms with E-state index in [1.807, 2.05) is 25.3 Å². The quantitative estimate of drug-likeness (QED) is 0.806. The molecule has 0 saturated carbocycles. The molecule has 0 bridgehead atoms. The Morgan fingerprint density at radius 2 is 2.37 bits per heavy atom. The lowest BCUT2D eigenvalue weighted by atomic mass is 10.1. The predicted molar refractivity (Wildman–Crippen MR) is 76.0 cm³/mol. The molecule has 1 aliphatic heterocycles. The van der Waals surface area contributed by atoms with E-state index in [-0.39, 0.29) is 11.9 Å². The highest BCUT2D eigenvalue weighted by Gasteiger charge is 2.20. The fourth-order valence-electron chi connectivity index (χ4n) is 2.48. The van der Waals surface area contributed by atoms with Crippen molar-refractivity contribution in [2.45, 2.75) is 38.3 Å². The first-order valence-corrected chi connectivity index (χ1v) is 6.90. The van der Waals surface area contributed by atoms with Crippen LogP contribution >= 0.6 is 0 Å². The smallest absolute Gasteiger partial charge is 0.268 e. The van der Waals surface area contributed by atoms with Crippen LogP contribution in [0.15, 0.2) is 18.3 Å². The summed E-state index contributed by atoms with van der Waals surface area (Å²) in [5, 5.41) is 6.22. The van der Waals surface area contributed by atoms with E-state index in [4.69, 9.17) is 6.42 Å². The number of carbonyl (C=O) groups excluding carboxylic acids is 1. The SMILES string of the molecule is C#CC(CC)NC(=O)c1cccn1C1CCNCC1. The van der Waals surface area contributed by atoms with E-state index in [0.29, 0.717) is 11.7 Å². The molecule has 1 aromatic heterocycles. The van der Waals surface area contributed by atoms with Gasteiger partial charge in [0, 0.05) is 12.2 Å². The Morgan fingerprint density at radius 1 is 1.63 bits per heavy atom. The van der Waals surface area contributed by atoms with Crippen LogP contribution in [0.25, 0.3) is 0 Å². The second-order valence-corrected chi connectivity index (χ2v) is 4.88. The van der Waals surface area contributed by atoms with Crippen molar-refractivity contribution in [1.29, 1.82) is 0 Å². The van der Waals surface area contributed by atoms with Crippen molar-refractivity contribution in [3.8, 4) is 12.3 Å². The highest BCUT2D eigenvalue weighted by Crippen LogP contribution is 2.21. The molecule has 1 aliphatic rings. The first-order valence-electron chi connectivity index (χ1n) is 6.90. The van der Waals surface area contributed by atoms with Gasteiger partial charge in [-0.3, -0.25) is 4.79 Å². The molecule has 2 rings (SSSR count). The number of nitrogens with one attached hydrogen (secondary N) is 2. The summed E-state index contributed by atoms with van der Waals surface area (Å²) in [5.74, 6) is 2.52. The molecule has 102 valence electrons. The van der Waals surface area contributed by atoms with Gasteiger partial charge in [-0.1, -0.05) is 12.8 Å². The van der Waals surface area contributed by atoms with Crippen molar-refractivity contribution < 1.29 is 4.79 Å². The molecule has 2 N–H and O–H groups in total. The summed E-state index contributed by atoms with van der Waals surface area (Å²) in [4.78, 5) is 12.3. The molecule has 1 fully saturated rings. The van der Waals surface area contributed by atoms with Crippen molar-refractivity contribution in [3.63, 3.8) is 0 Å². The van der Waals surface area contributed by atoms with Crippen LogP contribution in [0.3, 0.4) is 0 Å². The fraction of sp³-hybridized carbons (Fsp3) is 0.533. The highest BCUT2D eigenvalue weighted by molar-refractivity contribution is 5.93. The zero-order valence-electron chi connectivity index (χ0n) is 11.4. The zero-order valence-corrected chi connectivity index (χ0v) is 11.4. The number of terminal acetylenes is 1. The summed E-state index contributed by atoms with van der Waals surface area (Å²) >= 11 is 0. The predicted octanol–water partition coefficient (Wildman–Crippen LogP) is 1.55. The second-order valence-electron chi connectivity index (χ2n) is 4.88. The first kappa shape index (κ1) is 13.7. The van der Waals surface area contributed by atoms with Gasteiger partial charge in [-0.15, -0.1) is 6.42 Å². The Balaban J connectivity index is 2.10. The molecule has 0 aromatic carbocycles. The van der Waals surface area contributed by atoms with Crippen molar-refractivity contribution in [3.05, 3.63) is 24.0 Å². The molecule has 0 spiro atoms. The monoisotopic (exact) mass is 259 g/mol. The van der Waals surface area contributed by atoms with Gasteiger partial charge < -0.3 is 15.2 Å². The summed E-state index contributed by atoms with van der Waals surface area (Å²) in [6, 6.07) is 4.00. The van der Waals surface area contributed by atoms with E-state index in [0.717, 1.165) is 32.4 Å². The maximum atomic E-state index is 12.3. The van der Waals surface area contributed by atoms with Crippen molar-refractivity contribution >= 4 is 5.91 Å². The third-order valence-electron chi connectivity index (χ3n) is 3.63. The van der Waals surface area contributed by atoms with E-state index in [9.17, 15) is 4.79 Å². The number of piperidine rings is 1. The molecule has 0 radical (unpaired) electrons. The van der Waals surface area contributed by atoms with Crippen LogP contribution in [0.2, 0.25) is 0 Å². The number of rotatable bonds is 4. The molecule has 1 amide bonds. The van der Waals surface area contributed by atoms with Gasteiger partial charge in [0.1, 0.15) is 5.69 Å². The van der Waals surface area contributed by atoms with Crippen LogP contribution in [0.5, 0.6) is 0 Å². The zero-order chi connectivity index (χ0) is 13.7. The van der Waals surface area contributed by atoms with Crippen LogP contribution in [0.4, 0.5) is 0 Å². The van der Waals surface area contributed by atoms with Crippen LogP contribution in [-0.4, -0.2) is 29.6 Å². The largest absolute Gasteiger partial charge is 0.340 e. The molecule has 19 heavy (non-hydrogen) atoms.